The second kappa shape index (κ2) is 7.28. The molecule has 0 spiro atoms. The van der Waals surface area contributed by atoms with Crippen molar-refractivity contribution < 1.29 is 42.5 Å². The molecule has 0 aromatic carbocycles. The Morgan fingerprint density at radius 1 is 1.05 bits per heavy atom. The van der Waals surface area contributed by atoms with Crippen molar-refractivity contribution in [3.8, 4) is 0 Å². The van der Waals surface area contributed by atoms with E-state index >= 15 is 0 Å². The molecule has 0 bridgehead atoms. The molecule has 0 fully saturated rings. The quantitative estimate of drug-likeness (QED) is 0.553. The lowest BCUT2D eigenvalue weighted by molar-refractivity contribution is -0.207. The summed E-state index contributed by atoms with van der Waals surface area (Å²) in [6, 6.07) is 0. The Labute approximate surface area is 125 Å². The van der Waals surface area contributed by atoms with Gasteiger partial charge in [-0.05, 0) is 0 Å². The Morgan fingerprint density at radius 2 is 1.50 bits per heavy atom. The third-order valence-corrected chi connectivity index (χ3v) is 2.56. The zero-order valence-electron chi connectivity index (χ0n) is 12.6. The summed E-state index contributed by atoms with van der Waals surface area (Å²) in [5.74, 6) is -9.88. The van der Waals surface area contributed by atoms with E-state index in [9.17, 15) is 28.0 Å². The topological polar surface area (TPSA) is 107 Å². The largest absolute Gasteiger partial charge is 0.477 e. The summed E-state index contributed by atoms with van der Waals surface area (Å²) in [4.78, 5) is 44.3. The summed E-state index contributed by atoms with van der Waals surface area (Å²) >= 11 is 0. The molecule has 0 aliphatic carbocycles. The van der Waals surface area contributed by atoms with Gasteiger partial charge in [-0.3, -0.25) is 14.4 Å². The van der Waals surface area contributed by atoms with E-state index in [0.29, 0.717) is 0 Å². The SMILES string of the molecule is COC(=O)CC(=O)CC(=O)OC(C(C)(C)C)C(F)(F)C(=O)O. The van der Waals surface area contributed by atoms with Crippen LogP contribution in [0.2, 0.25) is 0 Å². The standard InChI is InChI=1S/C13H18F2O7/c1-12(2,3)10(13(14,15)11(19)20)22-9(18)6-7(16)5-8(17)21-4/h10H,5-6H2,1-4H3,(H,19,20). The smallest absolute Gasteiger partial charge is 0.379 e. The summed E-state index contributed by atoms with van der Waals surface area (Å²) in [7, 11) is 1.04. The van der Waals surface area contributed by atoms with E-state index in [0.717, 1.165) is 7.11 Å². The molecule has 1 atom stereocenters. The Kier molecular flexibility index (Phi) is 6.60. The van der Waals surface area contributed by atoms with Crippen LogP contribution in [0, 0.1) is 5.41 Å². The van der Waals surface area contributed by atoms with E-state index in [2.05, 4.69) is 9.47 Å². The molecule has 0 radical (unpaired) electrons. The summed E-state index contributed by atoms with van der Waals surface area (Å²) in [6.07, 6.45) is -3.91. The highest BCUT2D eigenvalue weighted by molar-refractivity contribution is 6.03. The predicted molar refractivity (Wildman–Crippen MR) is 68.2 cm³/mol. The minimum atomic E-state index is -4.32. The van der Waals surface area contributed by atoms with Gasteiger partial charge in [0.15, 0.2) is 11.9 Å². The van der Waals surface area contributed by atoms with Crippen LogP contribution in [-0.2, 0) is 28.7 Å². The lowest BCUT2D eigenvalue weighted by Crippen LogP contribution is -2.51. The second-order valence-corrected chi connectivity index (χ2v) is 5.63. The first kappa shape index (κ1) is 19.9. The predicted octanol–water partition coefficient (Wildman–Crippen LogP) is 1.19. The zero-order chi connectivity index (χ0) is 17.7. The number of aliphatic carboxylic acids is 1. The molecular weight excluding hydrogens is 306 g/mol. The molecule has 0 aliphatic heterocycles. The van der Waals surface area contributed by atoms with Gasteiger partial charge in [0.05, 0.1) is 7.11 Å². The average Bonchev–Trinajstić information content (AvgIpc) is 2.33. The van der Waals surface area contributed by atoms with Crippen LogP contribution in [0.1, 0.15) is 33.6 Å². The fourth-order valence-electron chi connectivity index (χ4n) is 1.54. The van der Waals surface area contributed by atoms with Gasteiger partial charge in [-0.2, -0.15) is 8.78 Å². The number of halogens is 2. The van der Waals surface area contributed by atoms with Crippen LogP contribution in [0.5, 0.6) is 0 Å². The van der Waals surface area contributed by atoms with Crippen molar-refractivity contribution in [3.63, 3.8) is 0 Å². The molecule has 0 aromatic heterocycles. The lowest BCUT2D eigenvalue weighted by Gasteiger charge is -2.33. The molecule has 0 aromatic rings. The number of ether oxygens (including phenoxy) is 2. The number of carbonyl (C=O) groups excluding carboxylic acids is 3. The Bertz CT molecular complexity index is 465. The first-order chi connectivity index (χ1) is 9.82. The van der Waals surface area contributed by atoms with Crippen LogP contribution >= 0.6 is 0 Å². The third kappa shape index (κ3) is 5.74. The maximum absolute atomic E-state index is 13.6. The number of ketones is 1. The number of alkyl halides is 2. The van der Waals surface area contributed by atoms with Crippen LogP contribution in [0.15, 0.2) is 0 Å². The number of hydrogen-bond donors (Lipinski definition) is 1. The number of carbonyl (C=O) groups is 4. The van der Waals surface area contributed by atoms with Gasteiger partial charge in [-0.15, -0.1) is 0 Å². The third-order valence-electron chi connectivity index (χ3n) is 2.56. The minimum Gasteiger partial charge on any atom is -0.477 e. The molecule has 9 heteroatoms. The van der Waals surface area contributed by atoms with Gasteiger partial charge in [0, 0.05) is 5.41 Å². The highest BCUT2D eigenvalue weighted by atomic mass is 19.3. The molecule has 0 saturated heterocycles. The van der Waals surface area contributed by atoms with E-state index in [1.165, 1.54) is 20.8 Å². The number of esters is 2. The van der Waals surface area contributed by atoms with Gasteiger partial charge >= 0.3 is 23.8 Å². The first-order valence-electron chi connectivity index (χ1n) is 6.21. The number of rotatable bonds is 7. The molecule has 0 rings (SSSR count). The summed E-state index contributed by atoms with van der Waals surface area (Å²) in [5.41, 5.74) is -1.39. The van der Waals surface area contributed by atoms with Gasteiger partial charge in [0.2, 0.25) is 0 Å². The zero-order valence-corrected chi connectivity index (χ0v) is 12.6. The molecule has 1 N–H and O–H groups in total. The van der Waals surface area contributed by atoms with Gasteiger partial charge < -0.3 is 14.6 Å². The number of methoxy groups -OCH3 is 1. The summed E-state index contributed by atoms with van der Waals surface area (Å²) in [6.45, 7) is 3.79. The van der Waals surface area contributed by atoms with Crippen molar-refractivity contribution >= 4 is 23.7 Å². The molecular formula is C13H18F2O7. The van der Waals surface area contributed by atoms with Crippen LogP contribution in [0.4, 0.5) is 8.78 Å². The number of carboxylic acids is 1. The van der Waals surface area contributed by atoms with Gasteiger partial charge in [0.1, 0.15) is 12.8 Å². The monoisotopic (exact) mass is 324 g/mol. The van der Waals surface area contributed by atoms with Crippen molar-refractivity contribution in [2.24, 2.45) is 5.41 Å². The summed E-state index contributed by atoms with van der Waals surface area (Å²) < 4.78 is 36.0. The average molecular weight is 324 g/mol. The Hall–Kier alpha value is -2.06. The van der Waals surface area contributed by atoms with Gasteiger partial charge in [-0.25, -0.2) is 4.79 Å². The number of hydrogen-bond acceptors (Lipinski definition) is 6. The molecule has 0 saturated carbocycles. The molecule has 0 amide bonds. The van der Waals surface area contributed by atoms with Crippen molar-refractivity contribution in [1.82, 2.24) is 0 Å². The van der Waals surface area contributed by atoms with E-state index in [-0.39, 0.29) is 0 Å². The van der Waals surface area contributed by atoms with Crippen molar-refractivity contribution in [3.05, 3.63) is 0 Å². The van der Waals surface area contributed by atoms with E-state index in [1.807, 2.05) is 0 Å². The number of carboxylic acid groups (broad SMARTS) is 1. The molecule has 22 heavy (non-hydrogen) atoms. The minimum absolute atomic E-state index is 0.707. The van der Waals surface area contributed by atoms with E-state index < -0.39 is 54.0 Å². The van der Waals surface area contributed by atoms with Crippen LogP contribution in [-0.4, -0.2) is 47.9 Å². The fourth-order valence-corrected chi connectivity index (χ4v) is 1.54. The Balaban J connectivity index is 4.97. The number of Topliss-reactive ketones (excluding diaryl/α,β-unsaturated/α-hetero) is 1. The van der Waals surface area contributed by atoms with E-state index in [1.54, 1.807) is 0 Å². The van der Waals surface area contributed by atoms with E-state index in [4.69, 9.17) is 5.11 Å². The molecule has 0 aliphatic rings. The summed E-state index contributed by atoms with van der Waals surface area (Å²) in [5, 5.41) is 8.55. The van der Waals surface area contributed by atoms with Crippen molar-refractivity contribution in [2.45, 2.75) is 45.6 Å². The normalized spacial score (nSPS) is 13.2. The maximum atomic E-state index is 13.6. The Morgan fingerprint density at radius 3 is 1.86 bits per heavy atom. The van der Waals surface area contributed by atoms with Gasteiger partial charge in [-0.1, -0.05) is 20.8 Å². The fraction of sp³-hybridized carbons (Fsp3) is 0.692. The van der Waals surface area contributed by atoms with Crippen LogP contribution in [0.25, 0.3) is 0 Å². The highest BCUT2D eigenvalue weighted by Crippen LogP contribution is 2.35. The highest BCUT2D eigenvalue weighted by Gasteiger charge is 2.55. The molecule has 7 nitrogen and oxygen atoms in total. The van der Waals surface area contributed by atoms with Crippen LogP contribution < -0.4 is 0 Å². The van der Waals surface area contributed by atoms with Crippen molar-refractivity contribution in [2.75, 3.05) is 7.11 Å². The molecule has 126 valence electrons. The second-order valence-electron chi connectivity index (χ2n) is 5.63. The van der Waals surface area contributed by atoms with Crippen molar-refractivity contribution in [1.29, 1.82) is 0 Å². The van der Waals surface area contributed by atoms with Gasteiger partial charge in [0.25, 0.3) is 0 Å². The molecule has 0 heterocycles. The molecule has 1 unspecified atom stereocenters. The lowest BCUT2D eigenvalue weighted by atomic mass is 9.85. The maximum Gasteiger partial charge on any atom is 0.379 e. The van der Waals surface area contributed by atoms with Crippen LogP contribution in [0.3, 0.4) is 0 Å². The first-order valence-corrected chi connectivity index (χ1v) is 6.21.